The second kappa shape index (κ2) is 6.58. The van der Waals surface area contributed by atoms with Gasteiger partial charge in [-0.3, -0.25) is 4.79 Å². The van der Waals surface area contributed by atoms with Crippen molar-refractivity contribution in [3.8, 4) is 0 Å². The van der Waals surface area contributed by atoms with Crippen molar-refractivity contribution >= 4 is 34.7 Å². The average molecular weight is 319 g/mol. The van der Waals surface area contributed by atoms with Crippen LogP contribution in [0.25, 0.3) is 0 Å². The van der Waals surface area contributed by atoms with Crippen molar-refractivity contribution in [1.82, 2.24) is 10.2 Å². The molecule has 21 heavy (non-hydrogen) atoms. The maximum atomic E-state index is 12.4. The minimum Gasteiger partial charge on any atom is -0.312 e. The standard InChI is InChI=1S/C15H17N3OS2/c1-11-16-17-15(21-11)20-10-8-14(19)18-9-4-6-12-5-2-3-7-13(12)18/h2-3,5,7H,4,6,8-10H2,1H3. The lowest BCUT2D eigenvalue weighted by Crippen LogP contribution is -2.35. The lowest BCUT2D eigenvalue weighted by molar-refractivity contribution is -0.118. The summed E-state index contributed by atoms with van der Waals surface area (Å²) >= 11 is 3.19. The molecule has 0 fully saturated rings. The fourth-order valence-corrected chi connectivity index (χ4v) is 4.30. The van der Waals surface area contributed by atoms with E-state index < -0.39 is 0 Å². The Hall–Kier alpha value is -1.40. The predicted molar refractivity (Wildman–Crippen MR) is 87.1 cm³/mol. The second-order valence-electron chi connectivity index (χ2n) is 4.96. The van der Waals surface area contributed by atoms with E-state index in [0.717, 1.165) is 40.2 Å². The first-order chi connectivity index (χ1) is 10.2. The van der Waals surface area contributed by atoms with Crippen LogP contribution in [0.1, 0.15) is 23.4 Å². The van der Waals surface area contributed by atoms with Crippen LogP contribution in [0.4, 0.5) is 5.69 Å². The van der Waals surface area contributed by atoms with Gasteiger partial charge < -0.3 is 4.90 Å². The van der Waals surface area contributed by atoms with Crippen molar-refractivity contribution in [3.05, 3.63) is 34.8 Å². The molecule has 0 atom stereocenters. The van der Waals surface area contributed by atoms with E-state index in [1.165, 1.54) is 5.56 Å². The molecule has 110 valence electrons. The number of aryl methyl sites for hydroxylation is 2. The van der Waals surface area contributed by atoms with Gasteiger partial charge in [-0.05, 0) is 31.4 Å². The molecule has 1 aliphatic heterocycles. The van der Waals surface area contributed by atoms with Gasteiger partial charge in [0, 0.05) is 24.4 Å². The van der Waals surface area contributed by atoms with Gasteiger partial charge in [-0.1, -0.05) is 41.3 Å². The molecule has 6 heteroatoms. The first-order valence-electron chi connectivity index (χ1n) is 7.05. The highest BCUT2D eigenvalue weighted by Crippen LogP contribution is 2.28. The summed E-state index contributed by atoms with van der Waals surface area (Å²) in [6.45, 7) is 2.77. The molecule has 0 spiro atoms. The summed E-state index contributed by atoms with van der Waals surface area (Å²) in [5, 5.41) is 9.02. The van der Waals surface area contributed by atoms with Gasteiger partial charge in [0.2, 0.25) is 5.91 Å². The van der Waals surface area contributed by atoms with Crippen LogP contribution in [0.3, 0.4) is 0 Å². The third-order valence-electron chi connectivity index (χ3n) is 3.46. The number of amides is 1. The molecular weight excluding hydrogens is 302 g/mol. The van der Waals surface area contributed by atoms with Crippen LogP contribution in [0.2, 0.25) is 0 Å². The Morgan fingerprint density at radius 1 is 1.38 bits per heavy atom. The molecule has 1 aromatic heterocycles. The SMILES string of the molecule is Cc1nnc(SCCC(=O)N2CCCc3ccccc32)s1. The topological polar surface area (TPSA) is 46.1 Å². The molecule has 1 aromatic carbocycles. The van der Waals surface area contributed by atoms with E-state index in [0.29, 0.717) is 6.42 Å². The first kappa shape index (κ1) is 14.5. The predicted octanol–water partition coefficient (Wildman–Crippen LogP) is 3.31. The molecule has 2 heterocycles. The molecule has 2 aromatic rings. The first-order valence-corrected chi connectivity index (χ1v) is 8.85. The van der Waals surface area contributed by atoms with Gasteiger partial charge in [0.1, 0.15) is 5.01 Å². The molecule has 0 aliphatic carbocycles. The number of hydrogen-bond acceptors (Lipinski definition) is 5. The van der Waals surface area contributed by atoms with Crippen LogP contribution in [-0.2, 0) is 11.2 Å². The molecule has 3 rings (SSSR count). The summed E-state index contributed by atoms with van der Waals surface area (Å²) in [6.07, 6.45) is 2.65. The van der Waals surface area contributed by atoms with E-state index in [2.05, 4.69) is 16.3 Å². The van der Waals surface area contributed by atoms with E-state index in [1.807, 2.05) is 30.0 Å². The van der Waals surface area contributed by atoms with Crippen LogP contribution in [0, 0.1) is 6.92 Å². The van der Waals surface area contributed by atoms with Gasteiger partial charge in [-0.15, -0.1) is 10.2 Å². The molecule has 0 bridgehead atoms. The molecule has 1 amide bonds. The average Bonchev–Trinajstić information content (AvgIpc) is 2.92. The maximum absolute atomic E-state index is 12.4. The van der Waals surface area contributed by atoms with Gasteiger partial charge in [0.05, 0.1) is 0 Å². The summed E-state index contributed by atoms with van der Waals surface area (Å²) in [5.41, 5.74) is 2.37. The quantitative estimate of drug-likeness (QED) is 0.811. The number of thioether (sulfide) groups is 1. The van der Waals surface area contributed by atoms with Gasteiger partial charge in [0.15, 0.2) is 4.34 Å². The van der Waals surface area contributed by atoms with Gasteiger partial charge in [0.25, 0.3) is 0 Å². The number of aromatic nitrogens is 2. The third-order valence-corrected chi connectivity index (χ3v) is 5.43. The molecule has 0 radical (unpaired) electrons. The Balaban J connectivity index is 1.59. The molecule has 0 saturated heterocycles. The van der Waals surface area contributed by atoms with Gasteiger partial charge in [-0.2, -0.15) is 0 Å². The molecule has 0 N–H and O–H groups in total. The number of carbonyl (C=O) groups excluding carboxylic acids is 1. The molecule has 1 aliphatic rings. The van der Waals surface area contributed by atoms with E-state index in [9.17, 15) is 4.79 Å². The lowest BCUT2D eigenvalue weighted by Gasteiger charge is -2.29. The monoisotopic (exact) mass is 319 g/mol. The van der Waals surface area contributed by atoms with Crippen molar-refractivity contribution in [2.24, 2.45) is 0 Å². The molecular formula is C15H17N3OS2. The Labute approximate surface area is 132 Å². The van der Waals surface area contributed by atoms with Crippen LogP contribution >= 0.6 is 23.1 Å². The zero-order valence-electron chi connectivity index (χ0n) is 11.9. The van der Waals surface area contributed by atoms with E-state index in [1.54, 1.807) is 23.1 Å². The number of fused-ring (bicyclic) bond motifs is 1. The highest BCUT2D eigenvalue weighted by Gasteiger charge is 2.21. The second-order valence-corrected chi connectivity index (χ2v) is 7.49. The van der Waals surface area contributed by atoms with Crippen molar-refractivity contribution < 1.29 is 4.79 Å². The number of hydrogen-bond donors (Lipinski definition) is 0. The number of para-hydroxylation sites is 1. The maximum Gasteiger partial charge on any atom is 0.227 e. The Morgan fingerprint density at radius 2 is 2.24 bits per heavy atom. The van der Waals surface area contributed by atoms with Crippen molar-refractivity contribution in [1.29, 1.82) is 0 Å². The highest BCUT2D eigenvalue weighted by atomic mass is 32.2. The molecule has 4 nitrogen and oxygen atoms in total. The third kappa shape index (κ3) is 3.44. The Bertz CT molecular complexity index is 641. The zero-order valence-corrected chi connectivity index (χ0v) is 13.5. The largest absolute Gasteiger partial charge is 0.312 e. The van der Waals surface area contributed by atoms with Crippen LogP contribution in [-0.4, -0.2) is 28.4 Å². The lowest BCUT2D eigenvalue weighted by atomic mass is 10.0. The minimum absolute atomic E-state index is 0.205. The smallest absolute Gasteiger partial charge is 0.227 e. The normalized spacial score (nSPS) is 14.0. The summed E-state index contributed by atoms with van der Waals surface area (Å²) < 4.78 is 0.944. The van der Waals surface area contributed by atoms with Crippen LogP contribution in [0.5, 0.6) is 0 Å². The van der Waals surface area contributed by atoms with Crippen LogP contribution < -0.4 is 4.90 Å². The summed E-state index contributed by atoms with van der Waals surface area (Å²) in [5.74, 6) is 0.961. The number of anilines is 1. The molecule has 0 saturated carbocycles. The Kier molecular flexibility index (Phi) is 4.55. The fraction of sp³-hybridized carbons (Fsp3) is 0.400. The van der Waals surface area contributed by atoms with E-state index >= 15 is 0 Å². The van der Waals surface area contributed by atoms with Crippen LogP contribution in [0.15, 0.2) is 28.6 Å². The number of carbonyl (C=O) groups is 1. The zero-order chi connectivity index (χ0) is 14.7. The highest BCUT2D eigenvalue weighted by molar-refractivity contribution is 8.01. The number of nitrogens with zero attached hydrogens (tertiary/aromatic N) is 3. The van der Waals surface area contributed by atoms with Gasteiger partial charge >= 0.3 is 0 Å². The van der Waals surface area contributed by atoms with E-state index in [-0.39, 0.29) is 5.91 Å². The van der Waals surface area contributed by atoms with Crippen molar-refractivity contribution in [2.45, 2.75) is 30.5 Å². The minimum atomic E-state index is 0.205. The summed E-state index contributed by atoms with van der Waals surface area (Å²) in [6, 6.07) is 8.21. The van der Waals surface area contributed by atoms with Crippen molar-refractivity contribution in [2.75, 3.05) is 17.2 Å². The van der Waals surface area contributed by atoms with Gasteiger partial charge in [-0.25, -0.2) is 0 Å². The fourth-order valence-electron chi connectivity index (χ4n) is 2.49. The van der Waals surface area contributed by atoms with E-state index in [4.69, 9.17) is 0 Å². The Morgan fingerprint density at radius 3 is 3.05 bits per heavy atom. The summed E-state index contributed by atoms with van der Waals surface area (Å²) in [4.78, 5) is 14.4. The number of benzene rings is 1. The number of rotatable bonds is 4. The molecule has 0 unspecified atom stereocenters. The summed E-state index contributed by atoms with van der Waals surface area (Å²) in [7, 11) is 0. The van der Waals surface area contributed by atoms with Crippen molar-refractivity contribution in [3.63, 3.8) is 0 Å².